The molecule has 0 aromatic rings. The highest BCUT2D eigenvalue weighted by Crippen LogP contribution is 2.43. The fourth-order valence-electron chi connectivity index (χ4n) is 3.99. The molecule has 2 aliphatic carbocycles. The zero-order valence-corrected chi connectivity index (χ0v) is 11.3. The predicted molar refractivity (Wildman–Crippen MR) is 69.8 cm³/mol. The lowest BCUT2D eigenvalue weighted by molar-refractivity contribution is -0.151. The molecular formula is C15H27NO. The Morgan fingerprint density at radius 2 is 1.82 bits per heavy atom. The summed E-state index contributed by atoms with van der Waals surface area (Å²) in [6.45, 7) is 4.62. The Morgan fingerprint density at radius 1 is 1.00 bits per heavy atom. The van der Waals surface area contributed by atoms with Gasteiger partial charge in [-0.05, 0) is 44.4 Å². The smallest absolute Gasteiger partial charge is 0.119 e. The lowest BCUT2D eigenvalue weighted by Gasteiger charge is -2.46. The molecular weight excluding hydrogens is 210 g/mol. The summed E-state index contributed by atoms with van der Waals surface area (Å²) >= 11 is 0. The number of hydrogen-bond donors (Lipinski definition) is 1. The predicted octanol–water partition coefficient (Wildman–Crippen LogP) is 3.46. The van der Waals surface area contributed by atoms with E-state index >= 15 is 0 Å². The first-order chi connectivity index (χ1) is 8.22. The van der Waals surface area contributed by atoms with Crippen molar-refractivity contribution in [2.45, 2.75) is 70.4 Å². The summed E-state index contributed by atoms with van der Waals surface area (Å²) in [4.78, 5) is 0. The highest BCUT2D eigenvalue weighted by Gasteiger charge is 2.44. The molecule has 0 aromatic heterocycles. The summed E-state index contributed by atoms with van der Waals surface area (Å²) in [5, 5.41) is 3.81. The van der Waals surface area contributed by atoms with Gasteiger partial charge in [-0.25, -0.2) is 0 Å². The topological polar surface area (TPSA) is 21.3 Å². The summed E-state index contributed by atoms with van der Waals surface area (Å²) in [6.07, 6.45) is 12.1. The Hall–Kier alpha value is -0.0800. The van der Waals surface area contributed by atoms with Crippen LogP contribution in [0.3, 0.4) is 0 Å². The molecule has 2 spiro atoms. The standard InChI is InChI=1S/C15H27NO/c1-13-5-4-9-15(10-6-13)16-11-14(12-17-15)7-2-3-8-14/h13,16H,2-12H2,1H3. The minimum Gasteiger partial charge on any atom is -0.360 e. The van der Waals surface area contributed by atoms with Crippen molar-refractivity contribution in [1.82, 2.24) is 5.32 Å². The minimum absolute atomic E-state index is 0.0542. The highest BCUT2D eigenvalue weighted by atomic mass is 16.5. The lowest BCUT2D eigenvalue weighted by atomic mass is 9.84. The van der Waals surface area contributed by atoms with Crippen molar-refractivity contribution >= 4 is 0 Å². The van der Waals surface area contributed by atoms with Gasteiger partial charge in [0, 0.05) is 12.0 Å². The van der Waals surface area contributed by atoms with E-state index in [1.165, 1.54) is 64.3 Å². The second-order valence-corrected chi connectivity index (χ2v) is 6.88. The number of hydrogen-bond acceptors (Lipinski definition) is 2. The SMILES string of the molecule is CC1CCCC2(CC1)NCC1(CCCC1)CO2. The van der Waals surface area contributed by atoms with Crippen molar-refractivity contribution in [3.63, 3.8) is 0 Å². The lowest BCUT2D eigenvalue weighted by Crippen LogP contribution is -2.58. The molecule has 0 aromatic carbocycles. The van der Waals surface area contributed by atoms with Crippen molar-refractivity contribution in [2.24, 2.45) is 11.3 Å². The molecule has 1 aliphatic heterocycles. The fourth-order valence-corrected chi connectivity index (χ4v) is 3.99. The molecule has 3 rings (SSSR count). The first-order valence-corrected chi connectivity index (χ1v) is 7.61. The zero-order valence-electron chi connectivity index (χ0n) is 11.3. The first-order valence-electron chi connectivity index (χ1n) is 7.61. The Balaban J connectivity index is 1.62. The highest BCUT2D eigenvalue weighted by molar-refractivity contribution is 4.95. The summed E-state index contributed by atoms with van der Waals surface area (Å²) in [7, 11) is 0. The zero-order chi connectivity index (χ0) is 11.8. The monoisotopic (exact) mass is 237 g/mol. The summed E-state index contributed by atoms with van der Waals surface area (Å²) in [5.74, 6) is 0.891. The molecule has 98 valence electrons. The van der Waals surface area contributed by atoms with Gasteiger partial charge in [-0.3, -0.25) is 5.32 Å². The second kappa shape index (κ2) is 4.55. The molecule has 2 heteroatoms. The number of rotatable bonds is 0. The molecule has 2 atom stereocenters. The van der Waals surface area contributed by atoms with Gasteiger partial charge < -0.3 is 4.74 Å². The maximum Gasteiger partial charge on any atom is 0.119 e. The third kappa shape index (κ3) is 2.39. The van der Waals surface area contributed by atoms with Crippen LogP contribution in [0.15, 0.2) is 0 Å². The normalized spacial score (nSPS) is 41.8. The number of ether oxygens (including phenoxy) is 1. The van der Waals surface area contributed by atoms with Gasteiger partial charge in [0.25, 0.3) is 0 Å². The Kier molecular flexibility index (Phi) is 3.20. The van der Waals surface area contributed by atoms with Gasteiger partial charge in [0.2, 0.25) is 0 Å². The van der Waals surface area contributed by atoms with Crippen molar-refractivity contribution in [3.8, 4) is 0 Å². The fraction of sp³-hybridized carbons (Fsp3) is 1.00. The summed E-state index contributed by atoms with van der Waals surface area (Å²) in [6, 6.07) is 0. The van der Waals surface area contributed by atoms with Gasteiger partial charge in [-0.2, -0.15) is 0 Å². The first kappa shape index (κ1) is 12.0. The van der Waals surface area contributed by atoms with Gasteiger partial charge in [-0.15, -0.1) is 0 Å². The average Bonchev–Trinajstić information content (AvgIpc) is 2.72. The van der Waals surface area contributed by atoms with Crippen LogP contribution >= 0.6 is 0 Å². The maximum atomic E-state index is 6.36. The molecule has 0 amide bonds. The van der Waals surface area contributed by atoms with E-state index in [4.69, 9.17) is 4.74 Å². The molecule has 0 radical (unpaired) electrons. The van der Waals surface area contributed by atoms with Crippen LogP contribution in [0.1, 0.15) is 64.7 Å². The maximum absolute atomic E-state index is 6.36. The van der Waals surface area contributed by atoms with Crippen LogP contribution in [0, 0.1) is 11.3 Å². The average molecular weight is 237 g/mol. The number of nitrogens with one attached hydrogen (secondary N) is 1. The molecule has 3 fully saturated rings. The molecule has 17 heavy (non-hydrogen) atoms. The van der Waals surface area contributed by atoms with Crippen molar-refractivity contribution in [2.75, 3.05) is 13.2 Å². The van der Waals surface area contributed by atoms with Crippen molar-refractivity contribution in [3.05, 3.63) is 0 Å². The van der Waals surface area contributed by atoms with E-state index in [2.05, 4.69) is 12.2 Å². The van der Waals surface area contributed by atoms with Crippen LogP contribution in [-0.2, 0) is 4.74 Å². The van der Waals surface area contributed by atoms with Gasteiger partial charge in [0.05, 0.1) is 6.61 Å². The van der Waals surface area contributed by atoms with Crippen molar-refractivity contribution < 1.29 is 4.74 Å². The van der Waals surface area contributed by atoms with Crippen LogP contribution in [0.2, 0.25) is 0 Å². The Bertz CT molecular complexity index is 260. The largest absolute Gasteiger partial charge is 0.360 e. The van der Waals surface area contributed by atoms with Crippen molar-refractivity contribution in [1.29, 1.82) is 0 Å². The molecule has 0 bridgehead atoms. The van der Waals surface area contributed by atoms with Gasteiger partial charge in [0.15, 0.2) is 0 Å². The molecule has 1 N–H and O–H groups in total. The molecule has 3 aliphatic rings. The second-order valence-electron chi connectivity index (χ2n) is 6.88. The Morgan fingerprint density at radius 3 is 2.53 bits per heavy atom. The Labute approximate surface area is 105 Å². The van der Waals surface area contributed by atoms with E-state index in [9.17, 15) is 0 Å². The molecule has 2 nitrogen and oxygen atoms in total. The van der Waals surface area contributed by atoms with E-state index < -0.39 is 0 Å². The van der Waals surface area contributed by atoms with Crippen LogP contribution < -0.4 is 5.32 Å². The van der Waals surface area contributed by atoms with E-state index in [0.717, 1.165) is 12.5 Å². The van der Waals surface area contributed by atoms with Crippen LogP contribution in [0.4, 0.5) is 0 Å². The van der Waals surface area contributed by atoms with Crippen LogP contribution in [0.25, 0.3) is 0 Å². The summed E-state index contributed by atoms with van der Waals surface area (Å²) < 4.78 is 6.36. The molecule has 2 unspecified atom stereocenters. The van der Waals surface area contributed by atoms with E-state index in [-0.39, 0.29) is 5.72 Å². The van der Waals surface area contributed by atoms with E-state index in [0.29, 0.717) is 5.41 Å². The molecule has 2 saturated carbocycles. The van der Waals surface area contributed by atoms with E-state index in [1.54, 1.807) is 0 Å². The van der Waals surface area contributed by atoms with E-state index in [1.807, 2.05) is 0 Å². The molecule has 1 heterocycles. The van der Waals surface area contributed by atoms with Gasteiger partial charge in [0.1, 0.15) is 5.72 Å². The van der Waals surface area contributed by atoms with Crippen LogP contribution in [0.5, 0.6) is 0 Å². The minimum atomic E-state index is 0.0542. The molecule has 1 saturated heterocycles. The van der Waals surface area contributed by atoms with Gasteiger partial charge >= 0.3 is 0 Å². The summed E-state index contributed by atoms with van der Waals surface area (Å²) in [5.41, 5.74) is 0.557. The third-order valence-corrected chi connectivity index (χ3v) is 5.42. The van der Waals surface area contributed by atoms with Crippen LogP contribution in [-0.4, -0.2) is 18.9 Å². The third-order valence-electron chi connectivity index (χ3n) is 5.42. The van der Waals surface area contributed by atoms with Gasteiger partial charge in [-0.1, -0.05) is 26.2 Å². The quantitative estimate of drug-likeness (QED) is 0.696.